The minimum atomic E-state index is 0.320. The molecule has 1 fully saturated rings. The Morgan fingerprint density at radius 1 is 1.16 bits per heavy atom. The predicted octanol–water partition coefficient (Wildman–Crippen LogP) is 2.69. The molecule has 3 heteroatoms. The van der Waals surface area contributed by atoms with E-state index >= 15 is 0 Å². The van der Waals surface area contributed by atoms with E-state index in [2.05, 4.69) is 4.90 Å². The van der Waals surface area contributed by atoms with Crippen molar-refractivity contribution in [3.63, 3.8) is 0 Å². The van der Waals surface area contributed by atoms with E-state index < -0.39 is 0 Å². The number of ether oxygens (including phenoxy) is 1. The highest BCUT2D eigenvalue weighted by Gasteiger charge is 2.24. The van der Waals surface area contributed by atoms with Crippen LogP contribution in [0.1, 0.15) is 32.1 Å². The molecule has 1 N–H and O–H groups in total. The van der Waals surface area contributed by atoms with Crippen molar-refractivity contribution in [1.82, 2.24) is 4.90 Å². The van der Waals surface area contributed by atoms with Gasteiger partial charge in [0, 0.05) is 12.6 Å². The normalized spacial score (nSPS) is 19.7. The van der Waals surface area contributed by atoms with E-state index in [0.717, 1.165) is 31.7 Å². The molecule has 1 aromatic carbocycles. The molecule has 1 atom stereocenters. The second-order valence-electron chi connectivity index (χ2n) is 5.24. The average Bonchev–Trinajstić information content (AvgIpc) is 2.90. The highest BCUT2D eigenvalue weighted by atomic mass is 16.5. The Morgan fingerprint density at radius 3 is 2.79 bits per heavy atom. The van der Waals surface area contributed by atoms with Crippen molar-refractivity contribution in [3.8, 4) is 5.75 Å². The Hall–Kier alpha value is -1.06. The van der Waals surface area contributed by atoms with Gasteiger partial charge in [0.15, 0.2) is 0 Å². The molecule has 106 valence electrons. The molecular weight excluding hydrogens is 238 g/mol. The van der Waals surface area contributed by atoms with Crippen molar-refractivity contribution in [2.75, 3.05) is 26.3 Å². The summed E-state index contributed by atoms with van der Waals surface area (Å²) in [6.07, 6.45) is 5.76. The SMILES string of the molecule is OCCCCCN1CCC[C@@H]1COc1ccccc1. The first-order valence-corrected chi connectivity index (χ1v) is 7.43. The summed E-state index contributed by atoms with van der Waals surface area (Å²) < 4.78 is 5.87. The van der Waals surface area contributed by atoms with E-state index in [1.807, 2.05) is 30.3 Å². The van der Waals surface area contributed by atoms with E-state index in [0.29, 0.717) is 12.6 Å². The number of para-hydroxylation sites is 1. The van der Waals surface area contributed by atoms with Gasteiger partial charge in [0.05, 0.1) is 0 Å². The van der Waals surface area contributed by atoms with Crippen LogP contribution in [-0.2, 0) is 0 Å². The first-order valence-electron chi connectivity index (χ1n) is 7.43. The molecule has 0 spiro atoms. The smallest absolute Gasteiger partial charge is 0.119 e. The molecule has 1 aliphatic heterocycles. The third kappa shape index (κ3) is 4.84. The second kappa shape index (κ2) is 8.18. The molecular formula is C16H25NO2. The molecule has 0 aliphatic carbocycles. The zero-order chi connectivity index (χ0) is 13.3. The number of unbranched alkanes of at least 4 members (excludes halogenated alkanes) is 2. The number of nitrogens with zero attached hydrogens (tertiary/aromatic N) is 1. The highest BCUT2D eigenvalue weighted by molar-refractivity contribution is 5.20. The van der Waals surface area contributed by atoms with Crippen LogP contribution in [0.25, 0.3) is 0 Å². The van der Waals surface area contributed by atoms with Gasteiger partial charge in [-0.25, -0.2) is 0 Å². The molecule has 19 heavy (non-hydrogen) atoms. The molecule has 0 aromatic heterocycles. The molecule has 3 nitrogen and oxygen atoms in total. The molecule has 0 amide bonds. The summed E-state index contributed by atoms with van der Waals surface area (Å²) in [7, 11) is 0. The van der Waals surface area contributed by atoms with E-state index in [1.165, 1.54) is 25.8 Å². The average molecular weight is 263 g/mol. The van der Waals surface area contributed by atoms with Gasteiger partial charge < -0.3 is 9.84 Å². The fraction of sp³-hybridized carbons (Fsp3) is 0.625. The molecule has 1 heterocycles. The zero-order valence-electron chi connectivity index (χ0n) is 11.6. The van der Waals surface area contributed by atoms with Crippen molar-refractivity contribution in [3.05, 3.63) is 30.3 Å². The first kappa shape index (κ1) is 14.4. The van der Waals surface area contributed by atoms with Gasteiger partial charge in [-0.3, -0.25) is 4.90 Å². The van der Waals surface area contributed by atoms with Crippen molar-refractivity contribution in [1.29, 1.82) is 0 Å². The Balaban J connectivity index is 1.70. The van der Waals surface area contributed by atoms with Gasteiger partial charge in [-0.15, -0.1) is 0 Å². The number of hydrogen-bond acceptors (Lipinski definition) is 3. The van der Waals surface area contributed by atoms with E-state index in [-0.39, 0.29) is 0 Å². The summed E-state index contributed by atoms with van der Waals surface area (Å²) in [6.45, 7) is 3.45. The lowest BCUT2D eigenvalue weighted by Crippen LogP contribution is -2.34. The zero-order valence-corrected chi connectivity index (χ0v) is 11.6. The summed E-state index contributed by atoms with van der Waals surface area (Å²) in [5.41, 5.74) is 0. The van der Waals surface area contributed by atoms with Crippen LogP contribution in [0.2, 0.25) is 0 Å². The Kier molecular flexibility index (Phi) is 6.18. The maximum Gasteiger partial charge on any atom is 0.119 e. The predicted molar refractivity (Wildman–Crippen MR) is 77.5 cm³/mol. The maximum atomic E-state index is 8.79. The van der Waals surface area contributed by atoms with Crippen molar-refractivity contribution in [2.24, 2.45) is 0 Å². The van der Waals surface area contributed by atoms with Crippen LogP contribution in [0.5, 0.6) is 5.75 Å². The van der Waals surface area contributed by atoms with Crippen LogP contribution in [0.4, 0.5) is 0 Å². The molecule has 1 aliphatic rings. The number of benzene rings is 1. The minimum Gasteiger partial charge on any atom is -0.492 e. The van der Waals surface area contributed by atoms with Gasteiger partial charge in [0.25, 0.3) is 0 Å². The lowest BCUT2D eigenvalue weighted by molar-refractivity contribution is 0.169. The van der Waals surface area contributed by atoms with Gasteiger partial charge in [0.2, 0.25) is 0 Å². The van der Waals surface area contributed by atoms with E-state index in [9.17, 15) is 0 Å². The van der Waals surface area contributed by atoms with Crippen molar-refractivity contribution >= 4 is 0 Å². The standard InChI is InChI=1S/C16H25NO2/c18-13-6-2-5-11-17-12-7-8-15(17)14-19-16-9-3-1-4-10-16/h1,3-4,9-10,15,18H,2,5-8,11-14H2/t15-/m1/s1. The molecule has 1 aromatic rings. The topological polar surface area (TPSA) is 32.7 Å². The maximum absolute atomic E-state index is 8.79. The largest absolute Gasteiger partial charge is 0.492 e. The number of aliphatic hydroxyl groups excluding tert-OH is 1. The number of likely N-dealkylation sites (tertiary alicyclic amines) is 1. The van der Waals surface area contributed by atoms with Gasteiger partial charge >= 0.3 is 0 Å². The second-order valence-corrected chi connectivity index (χ2v) is 5.24. The van der Waals surface area contributed by atoms with Gasteiger partial charge in [-0.05, 0) is 57.3 Å². The van der Waals surface area contributed by atoms with Gasteiger partial charge in [0.1, 0.15) is 12.4 Å². The lowest BCUT2D eigenvalue weighted by Gasteiger charge is -2.24. The van der Waals surface area contributed by atoms with Crippen LogP contribution in [0.15, 0.2) is 30.3 Å². The lowest BCUT2D eigenvalue weighted by atomic mass is 10.2. The summed E-state index contributed by atoms with van der Waals surface area (Å²) in [5, 5.41) is 8.79. The Morgan fingerprint density at radius 2 is 2.00 bits per heavy atom. The molecule has 0 radical (unpaired) electrons. The first-order chi connectivity index (χ1) is 9.40. The van der Waals surface area contributed by atoms with Crippen LogP contribution in [0.3, 0.4) is 0 Å². The monoisotopic (exact) mass is 263 g/mol. The number of hydrogen-bond donors (Lipinski definition) is 1. The number of rotatable bonds is 8. The Labute approximate surface area is 116 Å². The van der Waals surface area contributed by atoms with Crippen LogP contribution in [-0.4, -0.2) is 42.4 Å². The molecule has 0 unspecified atom stereocenters. The molecule has 0 saturated carbocycles. The number of aliphatic hydroxyl groups is 1. The van der Waals surface area contributed by atoms with Crippen LogP contribution < -0.4 is 4.74 Å². The van der Waals surface area contributed by atoms with E-state index in [4.69, 9.17) is 9.84 Å². The Bertz CT molecular complexity index is 342. The van der Waals surface area contributed by atoms with Crippen molar-refractivity contribution in [2.45, 2.75) is 38.1 Å². The van der Waals surface area contributed by atoms with Crippen LogP contribution >= 0.6 is 0 Å². The summed E-state index contributed by atoms with van der Waals surface area (Å²) in [6, 6.07) is 10.6. The van der Waals surface area contributed by atoms with Gasteiger partial charge in [-0.1, -0.05) is 18.2 Å². The summed E-state index contributed by atoms with van der Waals surface area (Å²) >= 11 is 0. The quantitative estimate of drug-likeness (QED) is 0.732. The summed E-state index contributed by atoms with van der Waals surface area (Å²) in [4.78, 5) is 2.54. The van der Waals surface area contributed by atoms with E-state index in [1.54, 1.807) is 0 Å². The minimum absolute atomic E-state index is 0.320. The fourth-order valence-corrected chi connectivity index (χ4v) is 2.69. The third-order valence-electron chi connectivity index (χ3n) is 3.79. The fourth-order valence-electron chi connectivity index (χ4n) is 2.69. The van der Waals surface area contributed by atoms with Gasteiger partial charge in [-0.2, -0.15) is 0 Å². The van der Waals surface area contributed by atoms with Crippen molar-refractivity contribution < 1.29 is 9.84 Å². The molecule has 1 saturated heterocycles. The molecule has 2 rings (SSSR count). The highest BCUT2D eigenvalue weighted by Crippen LogP contribution is 2.19. The molecule has 0 bridgehead atoms. The van der Waals surface area contributed by atoms with Crippen LogP contribution in [0, 0.1) is 0 Å². The third-order valence-corrected chi connectivity index (χ3v) is 3.79. The summed E-state index contributed by atoms with van der Waals surface area (Å²) in [5.74, 6) is 0.967.